The molecule has 10 nitrogen and oxygen atoms in total. The first kappa shape index (κ1) is 27.5. The highest BCUT2D eigenvalue weighted by atomic mass is 35.5. The van der Waals surface area contributed by atoms with E-state index >= 15 is 0 Å². The van der Waals surface area contributed by atoms with Gasteiger partial charge in [-0.2, -0.15) is 0 Å². The first-order chi connectivity index (χ1) is 18.6. The van der Waals surface area contributed by atoms with Crippen LogP contribution in [0.5, 0.6) is 0 Å². The van der Waals surface area contributed by atoms with Crippen LogP contribution in [0, 0.1) is 10.1 Å². The molecule has 0 aromatic heterocycles. The predicted octanol–water partition coefficient (Wildman–Crippen LogP) is 4.96. The van der Waals surface area contributed by atoms with Gasteiger partial charge >= 0.3 is 5.97 Å². The van der Waals surface area contributed by atoms with E-state index in [2.05, 4.69) is 0 Å². The van der Waals surface area contributed by atoms with Crippen LogP contribution in [0.1, 0.15) is 52.6 Å². The summed E-state index contributed by atoms with van der Waals surface area (Å²) in [7, 11) is 0. The molecule has 0 saturated carbocycles. The zero-order valence-corrected chi connectivity index (χ0v) is 21.8. The molecule has 1 fully saturated rings. The monoisotopic (exact) mass is 549 g/mol. The van der Waals surface area contributed by atoms with Crippen molar-refractivity contribution < 1.29 is 28.8 Å². The third-order valence-electron chi connectivity index (χ3n) is 6.42. The number of carbonyl (C=O) groups is 4. The zero-order valence-electron chi connectivity index (χ0n) is 21.1. The summed E-state index contributed by atoms with van der Waals surface area (Å²) in [5.74, 6) is -2.37. The Kier molecular flexibility index (Phi) is 8.06. The minimum Gasteiger partial charge on any atom is -0.462 e. The fraction of sp³-hybridized carbons (Fsp3) is 0.214. The summed E-state index contributed by atoms with van der Waals surface area (Å²) in [6, 6.07) is 16.5. The molecule has 200 valence electrons. The number of ether oxygens (including phenoxy) is 1. The number of imide groups is 1. The van der Waals surface area contributed by atoms with Crippen LogP contribution in [-0.4, -0.2) is 46.2 Å². The summed E-state index contributed by atoms with van der Waals surface area (Å²) in [5, 5.41) is 11.3. The fourth-order valence-electron chi connectivity index (χ4n) is 4.48. The normalized spacial score (nSPS) is 15.7. The summed E-state index contributed by atoms with van der Waals surface area (Å²) in [5.41, 5.74) is 0.697. The Labute approximate surface area is 228 Å². The number of esters is 1. The maximum atomic E-state index is 13.8. The SMILES string of the molecule is CCOC(=O)c1ccc(N2C(=O)CC(N(C(=O)c3ccc(Cl)c([N+](=O)[O-])c3)C(C)c3ccccc3)C2=O)cc1. The number of nitro groups is 1. The number of rotatable bonds is 8. The zero-order chi connectivity index (χ0) is 28.3. The number of nitrogens with zero attached hydrogens (tertiary/aromatic N) is 3. The van der Waals surface area contributed by atoms with Gasteiger partial charge in [0.2, 0.25) is 5.91 Å². The van der Waals surface area contributed by atoms with Gasteiger partial charge in [-0.05, 0) is 55.8 Å². The molecule has 1 heterocycles. The molecule has 0 spiro atoms. The highest BCUT2D eigenvalue weighted by Gasteiger charge is 2.46. The Morgan fingerprint density at radius 1 is 1.08 bits per heavy atom. The highest BCUT2D eigenvalue weighted by Crippen LogP contribution is 2.34. The van der Waals surface area contributed by atoms with E-state index in [4.69, 9.17) is 16.3 Å². The van der Waals surface area contributed by atoms with Crippen molar-refractivity contribution in [2.75, 3.05) is 11.5 Å². The number of halogens is 1. The maximum absolute atomic E-state index is 13.8. The molecular weight excluding hydrogens is 526 g/mol. The lowest BCUT2D eigenvalue weighted by Gasteiger charge is -2.33. The average Bonchev–Trinajstić information content (AvgIpc) is 3.22. The number of nitro benzene ring substituents is 1. The molecule has 39 heavy (non-hydrogen) atoms. The van der Waals surface area contributed by atoms with Gasteiger partial charge in [0.15, 0.2) is 0 Å². The lowest BCUT2D eigenvalue weighted by Crippen LogP contribution is -2.46. The molecule has 2 unspecified atom stereocenters. The molecule has 0 N–H and O–H groups in total. The molecule has 0 radical (unpaired) electrons. The first-order valence-corrected chi connectivity index (χ1v) is 12.5. The van der Waals surface area contributed by atoms with Crippen LogP contribution in [0.15, 0.2) is 72.8 Å². The molecule has 3 amide bonds. The van der Waals surface area contributed by atoms with Crippen molar-refractivity contribution in [2.45, 2.75) is 32.4 Å². The van der Waals surface area contributed by atoms with Gasteiger partial charge in [-0.15, -0.1) is 0 Å². The van der Waals surface area contributed by atoms with E-state index in [1.54, 1.807) is 44.2 Å². The van der Waals surface area contributed by atoms with Crippen molar-refractivity contribution in [3.05, 3.63) is 105 Å². The van der Waals surface area contributed by atoms with Gasteiger partial charge in [-0.3, -0.25) is 24.5 Å². The van der Waals surface area contributed by atoms with Crippen LogP contribution in [0.25, 0.3) is 0 Å². The van der Waals surface area contributed by atoms with E-state index in [1.165, 1.54) is 41.3 Å². The molecule has 3 aromatic rings. The minimum absolute atomic E-state index is 0.0497. The lowest BCUT2D eigenvalue weighted by atomic mass is 10.0. The number of hydrogen-bond acceptors (Lipinski definition) is 7. The average molecular weight is 550 g/mol. The molecular formula is C28H24ClN3O7. The van der Waals surface area contributed by atoms with Gasteiger partial charge in [0.1, 0.15) is 11.1 Å². The van der Waals surface area contributed by atoms with Crippen LogP contribution in [0.2, 0.25) is 5.02 Å². The molecule has 4 rings (SSSR count). The predicted molar refractivity (Wildman–Crippen MR) is 142 cm³/mol. The van der Waals surface area contributed by atoms with Crippen molar-refractivity contribution in [3.63, 3.8) is 0 Å². The number of carbonyl (C=O) groups excluding carboxylic acids is 4. The molecule has 0 bridgehead atoms. The number of hydrogen-bond donors (Lipinski definition) is 0. The molecule has 11 heteroatoms. The lowest BCUT2D eigenvalue weighted by molar-refractivity contribution is -0.384. The molecule has 1 aliphatic rings. The van der Waals surface area contributed by atoms with Gasteiger partial charge in [-0.1, -0.05) is 41.9 Å². The van der Waals surface area contributed by atoms with Gasteiger partial charge in [-0.25, -0.2) is 9.69 Å². The van der Waals surface area contributed by atoms with E-state index in [9.17, 15) is 29.3 Å². The van der Waals surface area contributed by atoms with E-state index in [-0.39, 0.29) is 34.9 Å². The summed E-state index contributed by atoms with van der Waals surface area (Å²) >= 11 is 5.94. The van der Waals surface area contributed by atoms with Crippen LogP contribution in [0.3, 0.4) is 0 Å². The third-order valence-corrected chi connectivity index (χ3v) is 6.74. The van der Waals surface area contributed by atoms with E-state index in [0.717, 1.165) is 11.0 Å². The highest BCUT2D eigenvalue weighted by molar-refractivity contribution is 6.32. The van der Waals surface area contributed by atoms with Crippen LogP contribution in [0.4, 0.5) is 11.4 Å². The molecule has 1 saturated heterocycles. The number of anilines is 1. The molecule has 3 aromatic carbocycles. The van der Waals surface area contributed by atoms with Crippen molar-refractivity contribution >= 4 is 46.7 Å². The standard InChI is InChI=1S/C28H24ClN3O7/c1-3-39-28(36)19-9-12-21(13-10-19)31-25(33)16-24(27(31)35)30(17(2)18-7-5-4-6-8-18)26(34)20-11-14-22(29)23(15-20)32(37)38/h4-15,17,24H,3,16H2,1-2H3. The Morgan fingerprint density at radius 3 is 2.33 bits per heavy atom. The Bertz CT molecular complexity index is 1440. The largest absolute Gasteiger partial charge is 0.462 e. The topological polar surface area (TPSA) is 127 Å². The second kappa shape index (κ2) is 11.4. The summed E-state index contributed by atoms with van der Waals surface area (Å²) in [6.07, 6.45) is -0.295. The van der Waals surface area contributed by atoms with Crippen molar-refractivity contribution in [3.8, 4) is 0 Å². The molecule has 2 atom stereocenters. The van der Waals surface area contributed by atoms with Crippen molar-refractivity contribution in [1.82, 2.24) is 4.90 Å². The third kappa shape index (κ3) is 5.51. The van der Waals surface area contributed by atoms with Gasteiger partial charge < -0.3 is 9.64 Å². The second-order valence-corrected chi connectivity index (χ2v) is 9.18. The molecule has 1 aliphatic heterocycles. The second-order valence-electron chi connectivity index (χ2n) is 8.78. The summed E-state index contributed by atoms with van der Waals surface area (Å²) in [6.45, 7) is 3.59. The Balaban J connectivity index is 1.71. The van der Waals surface area contributed by atoms with E-state index < -0.39 is 46.4 Å². The van der Waals surface area contributed by atoms with Crippen molar-refractivity contribution in [1.29, 1.82) is 0 Å². The van der Waals surface area contributed by atoms with E-state index in [1.807, 2.05) is 0 Å². The summed E-state index contributed by atoms with van der Waals surface area (Å²) < 4.78 is 4.97. The summed E-state index contributed by atoms with van der Waals surface area (Å²) in [4.78, 5) is 65.6. The maximum Gasteiger partial charge on any atom is 0.338 e. The van der Waals surface area contributed by atoms with Crippen LogP contribution in [-0.2, 0) is 14.3 Å². The van der Waals surface area contributed by atoms with Gasteiger partial charge in [0.25, 0.3) is 17.5 Å². The van der Waals surface area contributed by atoms with Crippen LogP contribution < -0.4 is 4.90 Å². The Hall–Kier alpha value is -4.57. The van der Waals surface area contributed by atoms with Crippen LogP contribution >= 0.6 is 11.6 Å². The Morgan fingerprint density at radius 2 is 1.72 bits per heavy atom. The van der Waals surface area contributed by atoms with Crippen molar-refractivity contribution in [2.24, 2.45) is 0 Å². The van der Waals surface area contributed by atoms with Gasteiger partial charge in [0, 0.05) is 11.6 Å². The number of benzene rings is 3. The quantitative estimate of drug-likeness (QED) is 0.168. The first-order valence-electron chi connectivity index (χ1n) is 12.1. The smallest absolute Gasteiger partial charge is 0.338 e. The van der Waals surface area contributed by atoms with Gasteiger partial charge in [0.05, 0.1) is 35.2 Å². The number of amides is 3. The molecule has 0 aliphatic carbocycles. The minimum atomic E-state index is -1.18. The fourth-order valence-corrected chi connectivity index (χ4v) is 4.67. The van der Waals surface area contributed by atoms with E-state index in [0.29, 0.717) is 5.56 Å².